The second-order valence-electron chi connectivity index (χ2n) is 6.57. The maximum absolute atomic E-state index is 3.91. The van der Waals surface area contributed by atoms with E-state index in [4.69, 9.17) is 0 Å². The lowest BCUT2D eigenvalue weighted by molar-refractivity contribution is 0.104. The fourth-order valence-electron chi connectivity index (χ4n) is 3.63. The molecule has 1 heteroatoms. The average molecular weight is 193 g/mol. The topological polar surface area (TPSA) is 12.0 Å². The predicted molar refractivity (Wildman–Crippen MR) is 59.2 cm³/mol. The smallest absolute Gasteiger partial charge is 0.0133 e. The van der Waals surface area contributed by atoms with Gasteiger partial charge in [-0.05, 0) is 42.9 Å². The van der Waals surface area contributed by atoms with Crippen LogP contribution in [0.2, 0.25) is 0 Å². The minimum Gasteiger partial charge on any atom is -0.310 e. The van der Waals surface area contributed by atoms with Gasteiger partial charge in [-0.25, -0.2) is 0 Å². The first-order valence-electron chi connectivity index (χ1n) is 6.39. The van der Waals surface area contributed by atoms with Crippen LogP contribution in [0.15, 0.2) is 0 Å². The normalized spacial score (nSPS) is 42.4. The lowest BCUT2D eigenvalue weighted by Gasteiger charge is -2.45. The summed E-state index contributed by atoms with van der Waals surface area (Å²) in [5.41, 5.74) is 1.37. The van der Waals surface area contributed by atoms with Gasteiger partial charge in [0.2, 0.25) is 0 Å². The summed E-state index contributed by atoms with van der Waals surface area (Å²) in [6.07, 6.45) is 10.3. The Balaban J connectivity index is 1.55. The summed E-state index contributed by atoms with van der Waals surface area (Å²) in [4.78, 5) is 0. The van der Waals surface area contributed by atoms with Gasteiger partial charge in [0.25, 0.3) is 0 Å². The van der Waals surface area contributed by atoms with E-state index in [0.717, 1.165) is 17.5 Å². The van der Waals surface area contributed by atoms with Crippen molar-refractivity contribution in [2.45, 2.75) is 70.9 Å². The highest BCUT2D eigenvalue weighted by Crippen LogP contribution is 2.58. The average Bonchev–Trinajstić information content (AvgIpc) is 2.54. The number of hydrogen-bond acceptors (Lipinski definition) is 1. The largest absolute Gasteiger partial charge is 0.310 e. The Labute approximate surface area is 87.7 Å². The Morgan fingerprint density at radius 3 is 2.21 bits per heavy atom. The van der Waals surface area contributed by atoms with E-state index >= 15 is 0 Å². The van der Waals surface area contributed by atoms with E-state index in [2.05, 4.69) is 19.2 Å². The van der Waals surface area contributed by atoms with E-state index in [-0.39, 0.29) is 0 Å². The van der Waals surface area contributed by atoms with Crippen molar-refractivity contribution in [3.63, 3.8) is 0 Å². The minimum atomic E-state index is 0.586. The van der Waals surface area contributed by atoms with Gasteiger partial charge in [0.05, 0.1) is 0 Å². The molecule has 2 atom stereocenters. The van der Waals surface area contributed by atoms with Crippen LogP contribution in [0.1, 0.15) is 58.8 Å². The highest BCUT2D eigenvalue weighted by Gasteiger charge is 2.56. The third-order valence-corrected chi connectivity index (χ3v) is 5.21. The van der Waals surface area contributed by atoms with Gasteiger partial charge in [0, 0.05) is 12.1 Å². The van der Waals surface area contributed by atoms with Crippen LogP contribution in [0.3, 0.4) is 0 Å². The van der Waals surface area contributed by atoms with Crippen molar-refractivity contribution < 1.29 is 0 Å². The van der Waals surface area contributed by atoms with Crippen molar-refractivity contribution in [2.24, 2.45) is 10.8 Å². The van der Waals surface area contributed by atoms with Crippen LogP contribution in [0.4, 0.5) is 0 Å². The summed E-state index contributed by atoms with van der Waals surface area (Å²) in [5, 5.41) is 3.91. The van der Waals surface area contributed by atoms with Crippen molar-refractivity contribution in [3.8, 4) is 0 Å². The molecule has 0 bridgehead atoms. The molecule has 3 rings (SSSR count). The van der Waals surface area contributed by atoms with Gasteiger partial charge in [0.1, 0.15) is 0 Å². The van der Waals surface area contributed by atoms with Gasteiger partial charge in [-0.15, -0.1) is 0 Å². The highest BCUT2D eigenvalue weighted by molar-refractivity contribution is 5.12. The van der Waals surface area contributed by atoms with E-state index < -0.39 is 0 Å². The van der Waals surface area contributed by atoms with Gasteiger partial charge in [-0.2, -0.15) is 0 Å². The van der Waals surface area contributed by atoms with Crippen molar-refractivity contribution in [1.29, 1.82) is 0 Å². The zero-order chi connectivity index (χ0) is 9.81. The number of hydrogen-bond donors (Lipinski definition) is 1. The first-order chi connectivity index (χ1) is 6.62. The Morgan fingerprint density at radius 2 is 1.71 bits per heavy atom. The third kappa shape index (κ3) is 1.25. The summed E-state index contributed by atoms with van der Waals surface area (Å²) in [6, 6.07) is 1.72. The molecule has 0 radical (unpaired) electrons. The van der Waals surface area contributed by atoms with Crippen LogP contribution < -0.4 is 5.32 Å². The number of rotatable bonds is 2. The Kier molecular flexibility index (Phi) is 1.81. The summed E-state index contributed by atoms with van der Waals surface area (Å²) < 4.78 is 0. The summed E-state index contributed by atoms with van der Waals surface area (Å²) >= 11 is 0. The molecule has 1 N–H and O–H groups in total. The van der Waals surface area contributed by atoms with Crippen LogP contribution in [-0.2, 0) is 0 Å². The van der Waals surface area contributed by atoms with Crippen molar-refractivity contribution in [3.05, 3.63) is 0 Å². The molecule has 1 spiro atoms. The van der Waals surface area contributed by atoms with Gasteiger partial charge in [-0.1, -0.05) is 26.7 Å². The molecule has 80 valence electrons. The van der Waals surface area contributed by atoms with E-state index in [1.807, 2.05) is 0 Å². The molecule has 0 saturated heterocycles. The molecular formula is C13H23N. The Morgan fingerprint density at radius 1 is 1.00 bits per heavy atom. The van der Waals surface area contributed by atoms with Crippen molar-refractivity contribution in [2.75, 3.05) is 0 Å². The molecule has 2 unspecified atom stereocenters. The lowest BCUT2D eigenvalue weighted by atomic mass is 9.67. The van der Waals surface area contributed by atoms with Gasteiger partial charge in [-0.3, -0.25) is 0 Å². The molecule has 0 amide bonds. The molecule has 3 aliphatic carbocycles. The first kappa shape index (κ1) is 9.21. The highest BCUT2D eigenvalue weighted by atomic mass is 15.1. The van der Waals surface area contributed by atoms with Crippen LogP contribution in [-0.4, -0.2) is 12.1 Å². The predicted octanol–water partition coefficient (Wildman–Crippen LogP) is 3.10. The van der Waals surface area contributed by atoms with Crippen LogP contribution >= 0.6 is 0 Å². The molecular weight excluding hydrogens is 170 g/mol. The molecule has 0 aliphatic heterocycles. The maximum Gasteiger partial charge on any atom is 0.0133 e. The minimum absolute atomic E-state index is 0.586. The van der Waals surface area contributed by atoms with E-state index in [0.29, 0.717) is 5.41 Å². The Bertz CT molecular complexity index is 238. The maximum atomic E-state index is 3.91. The molecule has 0 heterocycles. The van der Waals surface area contributed by atoms with Crippen LogP contribution in [0.25, 0.3) is 0 Å². The van der Waals surface area contributed by atoms with Gasteiger partial charge in [0.15, 0.2) is 0 Å². The van der Waals surface area contributed by atoms with Gasteiger partial charge >= 0.3 is 0 Å². The molecule has 14 heavy (non-hydrogen) atoms. The molecule has 3 fully saturated rings. The molecule has 3 aliphatic rings. The summed E-state index contributed by atoms with van der Waals surface area (Å²) in [5.74, 6) is 0. The first-order valence-corrected chi connectivity index (χ1v) is 6.39. The monoisotopic (exact) mass is 193 g/mol. The second kappa shape index (κ2) is 2.75. The zero-order valence-corrected chi connectivity index (χ0v) is 9.60. The second-order valence-corrected chi connectivity index (χ2v) is 6.57. The molecule has 0 aromatic carbocycles. The summed E-state index contributed by atoms with van der Waals surface area (Å²) in [6.45, 7) is 4.83. The Hall–Kier alpha value is -0.0400. The standard InChI is InChI=1S/C13H23N/c1-12(2)8-5-10(12)14-11-9-13(11)6-3-4-7-13/h10-11,14H,3-9H2,1-2H3. The number of nitrogens with one attached hydrogen (secondary N) is 1. The van der Waals surface area contributed by atoms with E-state index in [1.54, 1.807) is 0 Å². The van der Waals surface area contributed by atoms with E-state index in [9.17, 15) is 0 Å². The van der Waals surface area contributed by atoms with Crippen LogP contribution in [0.5, 0.6) is 0 Å². The molecule has 3 saturated carbocycles. The van der Waals surface area contributed by atoms with Crippen molar-refractivity contribution in [1.82, 2.24) is 5.32 Å². The molecule has 1 nitrogen and oxygen atoms in total. The van der Waals surface area contributed by atoms with Crippen molar-refractivity contribution >= 4 is 0 Å². The third-order valence-electron chi connectivity index (χ3n) is 5.21. The molecule has 0 aromatic rings. The fraction of sp³-hybridized carbons (Fsp3) is 1.00. The van der Waals surface area contributed by atoms with Gasteiger partial charge < -0.3 is 5.32 Å². The molecule has 0 aromatic heterocycles. The fourth-order valence-corrected chi connectivity index (χ4v) is 3.63. The zero-order valence-electron chi connectivity index (χ0n) is 9.60. The quantitative estimate of drug-likeness (QED) is 0.710. The van der Waals surface area contributed by atoms with Crippen LogP contribution in [0, 0.1) is 10.8 Å². The summed E-state index contributed by atoms with van der Waals surface area (Å²) in [7, 11) is 0. The SMILES string of the molecule is CC1(C)CCC1NC1CC12CCCC2. The lowest BCUT2D eigenvalue weighted by Crippen LogP contribution is -2.51. The van der Waals surface area contributed by atoms with E-state index in [1.165, 1.54) is 44.9 Å².